The number of rotatable bonds is 7. The number of benzene rings is 1. The van der Waals surface area contributed by atoms with Crippen molar-refractivity contribution >= 4 is 44.2 Å². The minimum atomic E-state index is -3.47. The van der Waals surface area contributed by atoms with E-state index >= 15 is 0 Å². The van der Waals surface area contributed by atoms with Gasteiger partial charge in [-0.25, -0.2) is 22.8 Å². The fourth-order valence-electron chi connectivity index (χ4n) is 4.46. The van der Waals surface area contributed by atoms with Crippen molar-refractivity contribution in [3.8, 4) is 0 Å². The Morgan fingerprint density at radius 3 is 2.84 bits per heavy atom. The number of halogens is 1. The zero-order valence-corrected chi connectivity index (χ0v) is 21.7. The molecule has 194 valence electrons. The lowest BCUT2D eigenvalue weighted by Crippen LogP contribution is -2.49. The number of piperazine rings is 1. The highest BCUT2D eigenvalue weighted by Gasteiger charge is 2.20. The number of fused-ring (bicyclic) bond motifs is 1. The summed E-state index contributed by atoms with van der Waals surface area (Å²) in [5.74, 6) is 0.381. The van der Waals surface area contributed by atoms with Crippen LogP contribution in [0.5, 0.6) is 0 Å². The first-order valence-corrected chi connectivity index (χ1v) is 13.8. The van der Waals surface area contributed by atoms with E-state index in [9.17, 15) is 12.8 Å². The van der Waals surface area contributed by atoms with Crippen molar-refractivity contribution in [2.45, 2.75) is 19.5 Å². The standard InChI is InChI=1S/C25H29FN8O2S/c1-17-15-33(12-10-27-17)22-7-6-20(13-21(22)26)30-25-29-14-18-8-11-34(24(18)31-25)16-19-5-4-9-28-23(19)32(2)37(3,35)36/h4-9,11,13-14,17,27H,10,12,15-16H2,1-3H3,(H,29,30,31). The molecule has 1 aliphatic rings. The van der Waals surface area contributed by atoms with Crippen LogP contribution in [-0.2, 0) is 16.6 Å². The number of aromatic nitrogens is 4. The minimum absolute atomic E-state index is 0.303. The molecule has 3 aromatic heterocycles. The van der Waals surface area contributed by atoms with Crippen LogP contribution in [0.25, 0.3) is 11.0 Å². The number of pyridine rings is 1. The maximum Gasteiger partial charge on any atom is 0.233 e. The molecule has 5 rings (SSSR count). The number of nitrogens with one attached hydrogen (secondary N) is 2. The quantitative estimate of drug-likeness (QED) is 0.380. The molecule has 0 amide bonds. The number of anilines is 4. The Labute approximate surface area is 215 Å². The summed E-state index contributed by atoms with van der Waals surface area (Å²) in [6.45, 7) is 4.76. The molecule has 0 radical (unpaired) electrons. The van der Waals surface area contributed by atoms with Gasteiger partial charge < -0.3 is 20.1 Å². The van der Waals surface area contributed by atoms with Crippen LogP contribution in [0.1, 0.15) is 12.5 Å². The lowest BCUT2D eigenvalue weighted by molar-refractivity contribution is 0.478. The number of nitrogens with zero attached hydrogens (tertiary/aromatic N) is 6. The van der Waals surface area contributed by atoms with Crippen LogP contribution < -0.4 is 19.8 Å². The van der Waals surface area contributed by atoms with Crippen molar-refractivity contribution in [3.63, 3.8) is 0 Å². The predicted molar refractivity (Wildman–Crippen MR) is 143 cm³/mol. The lowest BCUT2D eigenvalue weighted by Gasteiger charge is -2.33. The second-order valence-corrected chi connectivity index (χ2v) is 11.2. The number of hydrogen-bond acceptors (Lipinski definition) is 8. The first-order valence-electron chi connectivity index (χ1n) is 11.9. The van der Waals surface area contributed by atoms with E-state index in [2.05, 4.69) is 32.5 Å². The van der Waals surface area contributed by atoms with Crippen molar-refractivity contribution in [2.24, 2.45) is 0 Å². The molecule has 12 heteroatoms. The number of sulfonamides is 1. The normalized spacial score (nSPS) is 16.2. The Morgan fingerprint density at radius 2 is 2.08 bits per heavy atom. The summed E-state index contributed by atoms with van der Waals surface area (Å²) in [6.07, 6.45) is 6.26. The summed E-state index contributed by atoms with van der Waals surface area (Å²) in [4.78, 5) is 15.3. The van der Waals surface area contributed by atoms with Crippen LogP contribution >= 0.6 is 0 Å². The van der Waals surface area contributed by atoms with E-state index in [1.54, 1.807) is 24.5 Å². The van der Waals surface area contributed by atoms with E-state index in [1.165, 1.54) is 13.1 Å². The van der Waals surface area contributed by atoms with E-state index in [0.29, 0.717) is 41.4 Å². The Morgan fingerprint density at radius 1 is 1.24 bits per heavy atom. The summed E-state index contributed by atoms with van der Waals surface area (Å²) >= 11 is 0. The van der Waals surface area contributed by atoms with Crippen LogP contribution in [0.3, 0.4) is 0 Å². The summed E-state index contributed by atoms with van der Waals surface area (Å²) in [7, 11) is -1.99. The Kier molecular flexibility index (Phi) is 6.69. The molecule has 4 aromatic rings. The minimum Gasteiger partial charge on any atom is -0.366 e. The van der Waals surface area contributed by atoms with Crippen molar-refractivity contribution in [1.82, 2.24) is 24.8 Å². The maximum absolute atomic E-state index is 15.0. The SMILES string of the molecule is CC1CN(c2ccc(Nc3ncc4ccn(Cc5cccnc5N(C)S(C)(=O)=O)c4n3)cc2F)CCN1. The average Bonchev–Trinajstić information content (AvgIpc) is 3.25. The van der Waals surface area contributed by atoms with Gasteiger partial charge >= 0.3 is 0 Å². The zero-order chi connectivity index (χ0) is 26.2. The summed E-state index contributed by atoms with van der Waals surface area (Å²) < 4.78 is 42.2. The molecular formula is C25H29FN8O2S. The van der Waals surface area contributed by atoms with E-state index in [-0.39, 0.29) is 5.82 Å². The highest BCUT2D eigenvalue weighted by molar-refractivity contribution is 7.92. The van der Waals surface area contributed by atoms with Gasteiger partial charge in [0, 0.05) is 68.0 Å². The molecule has 10 nitrogen and oxygen atoms in total. The molecule has 1 fully saturated rings. The number of hydrogen-bond donors (Lipinski definition) is 2. The molecule has 0 spiro atoms. The second-order valence-electron chi connectivity index (χ2n) is 9.23. The molecule has 1 aromatic carbocycles. The third-order valence-electron chi connectivity index (χ3n) is 6.42. The molecule has 0 saturated carbocycles. The summed E-state index contributed by atoms with van der Waals surface area (Å²) in [6, 6.07) is 10.8. The molecule has 1 atom stereocenters. The van der Waals surface area contributed by atoms with Gasteiger partial charge in [0.15, 0.2) is 0 Å². The fourth-order valence-corrected chi connectivity index (χ4v) is 4.94. The van der Waals surface area contributed by atoms with Crippen LogP contribution in [-0.4, -0.2) is 66.9 Å². The van der Waals surface area contributed by atoms with Crippen molar-refractivity contribution in [2.75, 3.05) is 47.5 Å². The fraction of sp³-hybridized carbons (Fsp3) is 0.320. The highest BCUT2D eigenvalue weighted by atomic mass is 32.2. The van der Waals surface area contributed by atoms with Gasteiger partial charge in [-0.2, -0.15) is 4.98 Å². The van der Waals surface area contributed by atoms with E-state index in [4.69, 9.17) is 0 Å². The molecule has 0 bridgehead atoms. The van der Waals surface area contributed by atoms with Crippen LogP contribution in [0.2, 0.25) is 0 Å². The largest absolute Gasteiger partial charge is 0.366 e. The van der Waals surface area contributed by atoms with E-state index in [1.807, 2.05) is 33.9 Å². The molecule has 0 aliphatic carbocycles. The Balaban J connectivity index is 1.39. The van der Waals surface area contributed by atoms with Crippen molar-refractivity contribution in [1.29, 1.82) is 0 Å². The third-order valence-corrected chi connectivity index (χ3v) is 7.59. The van der Waals surface area contributed by atoms with Gasteiger partial charge in [-0.15, -0.1) is 0 Å². The van der Waals surface area contributed by atoms with Gasteiger partial charge in [-0.05, 0) is 37.3 Å². The predicted octanol–water partition coefficient (Wildman–Crippen LogP) is 2.95. The van der Waals surface area contributed by atoms with Crippen LogP contribution in [0.15, 0.2) is 55.0 Å². The highest BCUT2D eigenvalue weighted by Crippen LogP contribution is 2.26. The molecule has 37 heavy (non-hydrogen) atoms. The maximum atomic E-state index is 15.0. The Bertz CT molecular complexity index is 1540. The third kappa shape index (κ3) is 5.35. The monoisotopic (exact) mass is 524 g/mol. The summed E-state index contributed by atoms with van der Waals surface area (Å²) in [5.41, 5.74) is 2.50. The molecule has 2 N–H and O–H groups in total. The van der Waals surface area contributed by atoms with Gasteiger partial charge in [-0.1, -0.05) is 6.07 Å². The Hall–Kier alpha value is -3.77. The topological polar surface area (TPSA) is 108 Å². The van der Waals surface area contributed by atoms with E-state index in [0.717, 1.165) is 41.1 Å². The van der Waals surface area contributed by atoms with Gasteiger partial charge in [0.05, 0.1) is 18.5 Å². The van der Waals surface area contributed by atoms with Gasteiger partial charge in [0.25, 0.3) is 0 Å². The molecule has 1 saturated heterocycles. The average molecular weight is 525 g/mol. The van der Waals surface area contributed by atoms with Gasteiger partial charge in [0.1, 0.15) is 17.3 Å². The van der Waals surface area contributed by atoms with Crippen molar-refractivity contribution < 1.29 is 12.8 Å². The molecule has 1 aliphatic heterocycles. The molecule has 1 unspecified atom stereocenters. The molecule has 4 heterocycles. The lowest BCUT2D eigenvalue weighted by atomic mass is 10.2. The van der Waals surface area contributed by atoms with Gasteiger partial charge in [-0.3, -0.25) is 4.31 Å². The summed E-state index contributed by atoms with van der Waals surface area (Å²) in [5, 5.41) is 7.29. The first kappa shape index (κ1) is 24.9. The van der Waals surface area contributed by atoms with E-state index < -0.39 is 10.0 Å². The zero-order valence-electron chi connectivity index (χ0n) is 20.9. The first-order chi connectivity index (χ1) is 17.7. The van der Waals surface area contributed by atoms with Crippen LogP contribution in [0.4, 0.5) is 27.5 Å². The smallest absolute Gasteiger partial charge is 0.233 e. The van der Waals surface area contributed by atoms with Crippen molar-refractivity contribution in [3.05, 3.63) is 66.4 Å². The van der Waals surface area contributed by atoms with Gasteiger partial charge in [0.2, 0.25) is 16.0 Å². The molecular weight excluding hydrogens is 495 g/mol. The second kappa shape index (κ2) is 9.94. The van der Waals surface area contributed by atoms with Crippen LogP contribution in [0, 0.1) is 5.82 Å².